The van der Waals surface area contributed by atoms with Gasteiger partial charge in [-0.1, -0.05) is 60.7 Å². The van der Waals surface area contributed by atoms with Crippen LogP contribution in [-0.4, -0.2) is 28.6 Å². The van der Waals surface area contributed by atoms with Gasteiger partial charge >= 0.3 is 0 Å². The van der Waals surface area contributed by atoms with Gasteiger partial charge in [0.05, 0.1) is 16.3 Å². The molecule has 5 rings (SSSR count). The molecule has 0 aliphatic rings. The Kier molecular flexibility index (Phi) is 6.88. The van der Waals surface area contributed by atoms with E-state index in [4.69, 9.17) is 5.73 Å². The van der Waals surface area contributed by atoms with Crippen molar-refractivity contribution < 1.29 is 9.59 Å². The third-order valence-electron chi connectivity index (χ3n) is 5.92. The normalized spacial score (nSPS) is 11.8. The van der Waals surface area contributed by atoms with Crippen LogP contribution in [0.2, 0.25) is 0 Å². The van der Waals surface area contributed by atoms with Crippen molar-refractivity contribution in [2.75, 3.05) is 17.2 Å². The number of fused-ring (bicyclic) bond motifs is 1. The highest BCUT2D eigenvalue weighted by molar-refractivity contribution is 7.17. The zero-order valence-electron chi connectivity index (χ0n) is 19.4. The lowest BCUT2D eigenvalue weighted by atomic mass is 9.94. The number of carbonyl (C=O) groups excluding carboxylic acids is 2. The van der Waals surface area contributed by atoms with Gasteiger partial charge in [0.25, 0.3) is 5.91 Å². The maximum Gasteiger partial charge on any atom is 0.266 e. The number of anilines is 2. The van der Waals surface area contributed by atoms with Crippen LogP contribution in [0, 0.1) is 0 Å². The van der Waals surface area contributed by atoms with Crippen molar-refractivity contribution in [3.05, 3.63) is 101 Å². The fourth-order valence-electron chi connectivity index (χ4n) is 4.10. The van der Waals surface area contributed by atoms with Crippen molar-refractivity contribution in [3.63, 3.8) is 0 Å². The van der Waals surface area contributed by atoms with E-state index in [0.29, 0.717) is 34.7 Å². The van der Waals surface area contributed by atoms with Crippen molar-refractivity contribution in [2.24, 2.45) is 5.73 Å². The predicted molar refractivity (Wildman–Crippen MR) is 145 cm³/mol. The first-order valence-corrected chi connectivity index (χ1v) is 12.4. The van der Waals surface area contributed by atoms with Crippen LogP contribution in [0.1, 0.15) is 27.6 Å². The van der Waals surface area contributed by atoms with Crippen molar-refractivity contribution in [3.8, 4) is 10.4 Å². The number of carbonyl (C=O) groups is 2. The molecule has 0 bridgehead atoms. The van der Waals surface area contributed by atoms with Gasteiger partial charge in [-0.3, -0.25) is 14.7 Å². The molecule has 8 heteroatoms. The number of amides is 2. The van der Waals surface area contributed by atoms with Crippen molar-refractivity contribution >= 4 is 45.6 Å². The van der Waals surface area contributed by atoms with E-state index in [9.17, 15) is 9.59 Å². The molecular formula is C28H25N5O2S. The summed E-state index contributed by atoms with van der Waals surface area (Å²) in [5.74, 6) is -0.320. The molecule has 1 unspecified atom stereocenters. The second kappa shape index (κ2) is 10.6. The Hall–Kier alpha value is -4.27. The summed E-state index contributed by atoms with van der Waals surface area (Å²) in [6, 6.07) is 28.7. The van der Waals surface area contributed by atoms with Gasteiger partial charge in [0.1, 0.15) is 0 Å². The number of nitrogens with zero attached hydrogens (tertiary/aromatic N) is 1. The van der Waals surface area contributed by atoms with Gasteiger partial charge < -0.3 is 16.4 Å². The molecule has 2 amide bonds. The van der Waals surface area contributed by atoms with E-state index < -0.39 is 0 Å². The van der Waals surface area contributed by atoms with E-state index >= 15 is 0 Å². The minimum atomic E-state index is -0.354. The van der Waals surface area contributed by atoms with Gasteiger partial charge in [0.15, 0.2) is 5.82 Å². The number of H-pyrrole nitrogens is 1. The summed E-state index contributed by atoms with van der Waals surface area (Å²) < 4.78 is 0. The summed E-state index contributed by atoms with van der Waals surface area (Å²) in [7, 11) is 0. The van der Waals surface area contributed by atoms with Crippen LogP contribution in [0.3, 0.4) is 0 Å². The molecule has 2 heterocycles. The SMILES string of the molecule is NCCC(C(=O)Nc1ccc2[nH]nc(NC(=O)c3ccc(-c4ccccc4)s3)c2c1)c1ccccc1. The average Bonchev–Trinajstić information content (AvgIpc) is 3.56. The molecule has 36 heavy (non-hydrogen) atoms. The number of aromatic nitrogens is 2. The molecule has 2 aromatic heterocycles. The maximum absolute atomic E-state index is 13.1. The van der Waals surface area contributed by atoms with Crippen molar-refractivity contribution in [1.29, 1.82) is 0 Å². The summed E-state index contributed by atoms with van der Waals surface area (Å²) in [6.45, 7) is 0.401. The zero-order chi connectivity index (χ0) is 24.9. The number of thiophene rings is 1. The van der Waals surface area contributed by atoms with Crippen LogP contribution in [0.4, 0.5) is 11.5 Å². The Morgan fingerprint density at radius 1 is 0.917 bits per heavy atom. The first kappa shape index (κ1) is 23.5. The minimum Gasteiger partial charge on any atom is -0.330 e. The van der Waals surface area contributed by atoms with E-state index in [-0.39, 0.29) is 17.7 Å². The predicted octanol–water partition coefficient (Wildman–Crippen LogP) is 5.61. The minimum absolute atomic E-state index is 0.132. The fourth-order valence-corrected chi connectivity index (χ4v) is 5.01. The van der Waals surface area contributed by atoms with Crippen LogP contribution in [-0.2, 0) is 4.79 Å². The van der Waals surface area contributed by atoms with Crippen LogP contribution in [0.15, 0.2) is 91.0 Å². The van der Waals surface area contributed by atoms with Gasteiger partial charge in [-0.2, -0.15) is 5.10 Å². The highest BCUT2D eigenvalue weighted by Crippen LogP contribution is 2.30. The number of hydrogen-bond donors (Lipinski definition) is 4. The monoisotopic (exact) mass is 495 g/mol. The number of aromatic amines is 1. The standard InChI is InChI=1S/C28H25N5O2S/c29-16-15-21(18-7-3-1-4-8-18)27(34)30-20-11-12-23-22(17-20)26(33-32-23)31-28(35)25-14-13-24(36-25)19-9-5-2-6-10-19/h1-14,17,21H,15-16,29H2,(H,30,34)(H2,31,32,33,35). The van der Waals surface area contributed by atoms with Gasteiger partial charge in [0.2, 0.25) is 5.91 Å². The average molecular weight is 496 g/mol. The lowest BCUT2D eigenvalue weighted by molar-refractivity contribution is -0.117. The number of nitrogens with two attached hydrogens (primary N) is 1. The van der Waals surface area contributed by atoms with E-state index in [1.807, 2.05) is 78.9 Å². The Morgan fingerprint density at radius 2 is 1.67 bits per heavy atom. The lowest BCUT2D eigenvalue weighted by Crippen LogP contribution is -2.23. The highest BCUT2D eigenvalue weighted by atomic mass is 32.1. The fraction of sp³-hybridized carbons (Fsp3) is 0.107. The lowest BCUT2D eigenvalue weighted by Gasteiger charge is -2.16. The number of rotatable bonds is 8. The number of nitrogens with one attached hydrogen (secondary N) is 3. The van der Waals surface area contributed by atoms with Crippen LogP contribution in [0.5, 0.6) is 0 Å². The largest absolute Gasteiger partial charge is 0.330 e. The molecule has 5 aromatic rings. The number of hydrogen-bond acceptors (Lipinski definition) is 5. The Labute approximate surface area is 212 Å². The van der Waals surface area contributed by atoms with Gasteiger partial charge in [-0.05, 0) is 54.4 Å². The third-order valence-corrected chi connectivity index (χ3v) is 7.06. The Morgan fingerprint density at radius 3 is 2.42 bits per heavy atom. The van der Waals surface area contributed by atoms with Gasteiger partial charge in [0, 0.05) is 16.0 Å². The first-order chi connectivity index (χ1) is 17.6. The molecule has 1 atom stereocenters. The van der Waals surface area contributed by atoms with E-state index in [1.54, 1.807) is 12.1 Å². The molecule has 7 nitrogen and oxygen atoms in total. The summed E-state index contributed by atoms with van der Waals surface area (Å²) in [5.41, 5.74) is 9.13. The molecule has 0 saturated heterocycles. The van der Waals surface area contributed by atoms with Crippen LogP contribution < -0.4 is 16.4 Å². The van der Waals surface area contributed by atoms with Gasteiger partial charge in [-0.15, -0.1) is 11.3 Å². The summed E-state index contributed by atoms with van der Waals surface area (Å²) in [6.07, 6.45) is 0.539. The Bertz CT molecular complexity index is 1490. The third kappa shape index (κ3) is 5.05. The van der Waals surface area contributed by atoms with Crippen molar-refractivity contribution in [2.45, 2.75) is 12.3 Å². The summed E-state index contributed by atoms with van der Waals surface area (Å²) in [4.78, 5) is 27.6. The van der Waals surface area contributed by atoms with E-state index in [1.165, 1.54) is 11.3 Å². The maximum atomic E-state index is 13.1. The molecule has 0 saturated carbocycles. The van der Waals surface area contributed by atoms with E-state index in [2.05, 4.69) is 20.8 Å². The summed E-state index contributed by atoms with van der Waals surface area (Å²) in [5, 5.41) is 13.8. The van der Waals surface area contributed by atoms with E-state index in [0.717, 1.165) is 21.5 Å². The smallest absolute Gasteiger partial charge is 0.266 e. The van der Waals surface area contributed by atoms with Crippen molar-refractivity contribution in [1.82, 2.24) is 10.2 Å². The van der Waals surface area contributed by atoms with Crippen LogP contribution >= 0.6 is 11.3 Å². The van der Waals surface area contributed by atoms with Gasteiger partial charge in [-0.25, -0.2) is 0 Å². The molecule has 0 radical (unpaired) electrons. The summed E-state index contributed by atoms with van der Waals surface area (Å²) >= 11 is 1.42. The molecule has 3 aromatic carbocycles. The molecular weight excluding hydrogens is 470 g/mol. The molecule has 0 aliphatic carbocycles. The molecule has 5 N–H and O–H groups in total. The molecule has 0 spiro atoms. The second-order valence-electron chi connectivity index (χ2n) is 8.35. The molecule has 180 valence electrons. The Balaban J connectivity index is 1.34. The molecule has 0 fully saturated rings. The quantitative estimate of drug-likeness (QED) is 0.224. The second-order valence-corrected chi connectivity index (χ2v) is 9.43. The topological polar surface area (TPSA) is 113 Å². The van der Waals surface area contributed by atoms with Crippen LogP contribution in [0.25, 0.3) is 21.3 Å². The zero-order valence-corrected chi connectivity index (χ0v) is 20.2. The first-order valence-electron chi connectivity index (χ1n) is 11.6. The highest BCUT2D eigenvalue weighted by Gasteiger charge is 2.20. The molecule has 0 aliphatic heterocycles. The number of benzene rings is 3.